The lowest BCUT2D eigenvalue weighted by Crippen LogP contribution is -2.28. The molecule has 1 aromatic heterocycles. The Bertz CT molecular complexity index is 1320. The Morgan fingerprint density at radius 1 is 1.20 bits per heavy atom. The molecule has 2 aromatic carbocycles. The van der Waals surface area contributed by atoms with Crippen LogP contribution in [0.2, 0.25) is 0 Å². The number of para-hydroxylation sites is 1. The Hall–Kier alpha value is -4.15. The van der Waals surface area contributed by atoms with E-state index in [-0.39, 0.29) is 29.1 Å². The molecule has 1 fully saturated rings. The SMILES string of the molecule is CC1=NN(c2ccc(F)c(C)c2)C(=O)/C1=N/Nc1cccc(C2CCCC(c3nnn[nH]3)C2)c1O. The van der Waals surface area contributed by atoms with Gasteiger partial charge in [-0.2, -0.15) is 15.2 Å². The van der Waals surface area contributed by atoms with Gasteiger partial charge in [0.25, 0.3) is 0 Å². The highest BCUT2D eigenvalue weighted by molar-refractivity contribution is 6.71. The molecule has 180 valence electrons. The second kappa shape index (κ2) is 9.24. The molecule has 3 N–H and O–H groups in total. The van der Waals surface area contributed by atoms with Gasteiger partial charge in [-0.1, -0.05) is 18.6 Å². The minimum absolute atomic E-state index is 0.101. The number of rotatable bonds is 5. The van der Waals surface area contributed by atoms with Gasteiger partial charge in [-0.15, -0.1) is 5.10 Å². The number of phenolic OH excluding ortho intramolecular Hbond substituents is 1. The highest BCUT2D eigenvalue weighted by Gasteiger charge is 2.32. The third-order valence-electron chi connectivity index (χ3n) is 6.59. The summed E-state index contributed by atoms with van der Waals surface area (Å²) >= 11 is 0. The summed E-state index contributed by atoms with van der Waals surface area (Å²) in [5, 5.41) is 35.0. The lowest BCUT2D eigenvalue weighted by molar-refractivity contribution is -0.112. The Morgan fingerprint density at radius 3 is 2.80 bits per heavy atom. The third kappa shape index (κ3) is 4.36. The normalized spacial score (nSPS) is 21.5. The number of benzene rings is 2. The first-order chi connectivity index (χ1) is 16.9. The summed E-state index contributed by atoms with van der Waals surface area (Å²) in [6.45, 7) is 3.30. The van der Waals surface area contributed by atoms with Crippen molar-refractivity contribution in [1.29, 1.82) is 0 Å². The summed E-state index contributed by atoms with van der Waals surface area (Å²) in [5.74, 6) is 0.425. The van der Waals surface area contributed by atoms with Crippen LogP contribution in [-0.2, 0) is 4.79 Å². The van der Waals surface area contributed by atoms with E-state index < -0.39 is 5.91 Å². The van der Waals surface area contributed by atoms with Crippen LogP contribution in [0.15, 0.2) is 46.6 Å². The van der Waals surface area contributed by atoms with Crippen LogP contribution in [-0.4, -0.2) is 43.1 Å². The maximum atomic E-state index is 13.6. The largest absolute Gasteiger partial charge is 0.505 e. The summed E-state index contributed by atoms with van der Waals surface area (Å²) in [6, 6.07) is 9.82. The van der Waals surface area contributed by atoms with Crippen molar-refractivity contribution in [2.75, 3.05) is 10.4 Å². The highest BCUT2D eigenvalue weighted by Crippen LogP contribution is 2.44. The number of amides is 1. The fourth-order valence-electron chi connectivity index (χ4n) is 4.72. The molecule has 1 aliphatic heterocycles. The van der Waals surface area contributed by atoms with Crippen LogP contribution in [0.1, 0.15) is 61.4 Å². The first-order valence-electron chi connectivity index (χ1n) is 11.5. The molecule has 10 nitrogen and oxygen atoms in total. The van der Waals surface area contributed by atoms with E-state index >= 15 is 0 Å². The first-order valence-corrected chi connectivity index (χ1v) is 11.5. The second-order valence-corrected chi connectivity index (χ2v) is 8.90. The molecule has 2 unspecified atom stereocenters. The minimum Gasteiger partial charge on any atom is -0.505 e. The number of hydrogen-bond donors (Lipinski definition) is 3. The Labute approximate surface area is 200 Å². The van der Waals surface area contributed by atoms with Gasteiger partial charge in [-0.3, -0.25) is 10.2 Å². The van der Waals surface area contributed by atoms with E-state index in [0.29, 0.717) is 22.6 Å². The molecule has 2 aliphatic rings. The number of tetrazole rings is 1. The predicted octanol–water partition coefficient (Wildman–Crippen LogP) is 3.98. The molecule has 5 rings (SSSR count). The van der Waals surface area contributed by atoms with E-state index in [1.54, 1.807) is 26.0 Å². The standard InChI is InChI=1S/C24H25FN8O2/c1-13-11-17(9-10-19(13)25)33-24(35)21(14(2)30-33)27-26-20-8-4-7-18(22(20)34)15-5-3-6-16(12-15)23-28-31-32-29-23/h4,7-11,15-16,26,34H,3,5-6,12H2,1-2H3,(H,28,29,31,32)/b27-21+. The number of hydrazone groups is 2. The van der Waals surface area contributed by atoms with Gasteiger partial charge in [0, 0.05) is 5.92 Å². The van der Waals surface area contributed by atoms with Gasteiger partial charge in [0.1, 0.15) is 11.6 Å². The van der Waals surface area contributed by atoms with Crippen LogP contribution < -0.4 is 10.4 Å². The summed E-state index contributed by atoms with van der Waals surface area (Å²) in [5.41, 5.74) is 5.46. The zero-order valence-corrected chi connectivity index (χ0v) is 19.4. The van der Waals surface area contributed by atoms with Crippen molar-refractivity contribution < 1.29 is 14.3 Å². The van der Waals surface area contributed by atoms with Crippen molar-refractivity contribution in [2.45, 2.75) is 51.4 Å². The molecule has 35 heavy (non-hydrogen) atoms. The number of carbonyl (C=O) groups excluding carboxylic acids is 1. The molecule has 1 amide bonds. The zero-order chi connectivity index (χ0) is 24.5. The molecule has 1 aliphatic carbocycles. The predicted molar refractivity (Wildman–Crippen MR) is 129 cm³/mol. The summed E-state index contributed by atoms with van der Waals surface area (Å²) < 4.78 is 13.6. The molecule has 0 saturated heterocycles. The molecule has 0 bridgehead atoms. The molecule has 0 radical (unpaired) electrons. The van der Waals surface area contributed by atoms with Crippen LogP contribution in [0, 0.1) is 12.7 Å². The lowest BCUT2D eigenvalue weighted by Gasteiger charge is -2.28. The van der Waals surface area contributed by atoms with Gasteiger partial charge in [0.05, 0.1) is 17.1 Å². The fraction of sp³-hybridized carbons (Fsp3) is 0.333. The number of anilines is 2. The Balaban J connectivity index is 1.34. The molecular weight excluding hydrogens is 451 g/mol. The smallest absolute Gasteiger partial charge is 0.301 e. The maximum absolute atomic E-state index is 13.6. The quantitative estimate of drug-likeness (QED) is 0.377. The molecule has 11 heteroatoms. The van der Waals surface area contributed by atoms with E-state index in [1.165, 1.54) is 17.1 Å². The van der Waals surface area contributed by atoms with Crippen LogP contribution in [0.5, 0.6) is 5.75 Å². The van der Waals surface area contributed by atoms with Crippen molar-refractivity contribution in [3.63, 3.8) is 0 Å². The average Bonchev–Trinajstić information content (AvgIpc) is 3.49. The lowest BCUT2D eigenvalue weighted by atomic mass is 9.77. The Kier molecular flexibility index (Phi) is 5.98. The molecular formula is C24H25FN8O2. The van der Waals surface area contributed by atoms with Crippen molar-refractivity contribution in [1.82, 2.24) is 20.6 Å². The van der Waals surface area contributed by atoms with Gasteiger partial charge in [0.15, 0.2) is 11.5 Å². The van der Waals surface area contributed by atoms with Crippen LogP contribution >= 0.6 is 0 Å². The Morgan fingerprint density at radius 2 is 2.03 bits per heavy atom. The fourth-order valence-corrected chi connectivity index (χ4v) is 4.72. The van der Waals surface area contributed by atoms with Crippen LogP contribution in [0.25, 0.3) is 0 Å². The second-order valence-electron chi connectivity index (χ2n) is 8.90. The van der Waals surface area contributed by atoms with Crippen molar-refractivity contribution in [3.8, 4) is 5.75 Å². The molecule has 2 atom stereocenters. The number of phenols is 1. The number of aryl methyl sites for hydroxylation is 1. The highest BCUT2D eigenvalue weighted by atomic mass is 19.1. The van der Waals surface area contributed by atoms with Gasteiger partial charge in [-0.25, -0.2) is 9.49 Å². The van der Waals surface area contributed by atoms with E-state index in [4.69, 9.17) is 0 Å². The van der Waals surface area contributed by atoms with Gasteiger partial charge in [-0.05, 0) is 84.8 Å². The number of H-pyrrole nitrogens is 1. The van der Waals surface area contributed by atoms with Gasteiger partial charge in [0.2, 0.25) is 0 Å². The molecule has 2 heterocycles. The minimum atomic E-state index is -0.438. The average molecular weight is 477 g/mol. The monoisotopic (exact) mass is 476 g/mol. The number of hydrogen-bond acceptors (Lipinski definition) is 8. The zero-order valence-electron chi connectivity index (χ0n) is 19.4. The van der Waals surface area contributed by atoms with Crippen LogP contribution in [0.4, 0.5) is 15.8 Å². The number of halogens is 1. The van der Waals surface area contributed by atoms with Crippen molar-refractivity contribution >= 4 is 28.7 Å². The van der Waals surface area contributed by atoms with E-state index in [1.807, 2.05) is 12.1 Å². The van der Waals surface area contributed by atoms with E-state index in [9.17, 15) is 14.3 Å². The number of nitrogens with one attached hydrogen (secondary N) is 2. The third-order valence-corrected chi connectivity index (χ3v) is 6.59. The summed E-state index contributed by atoms with van der Waals surface area (Å²) in [6.07, 6.45) is 3.75. The molecule has 1 saturated carbocycles. The molecule has 0 spiro atoms. The number of aromatic hydroxyl groups is 1. The van der Waals surface area contributed by atoms with E-state index in [0.717, 1.165) is 37.1 Å². The van der Waals surface area contributed by atoms with Crippen molar-refractivity contribution in [3.05, 3.63) is 59.2 Å². The van der Waals surface area contributed by atoms with Crippen molar-refractivity contribution in [2.24, 2.45) is 10.2 Å². The van der Waals surface area contributed by atoms with Gasteiger partial charge >= 0.3 is 5.91 Å². The maximum Gasteiger partial charge on any atom is 0.301 e. The number of nitrogens with zero attached hydrogens (tertiary/aromatic N) is 6. The molecule has 3 aromatic rings. The number of carbonyl (C=O) groups is 1. The summed E-state index contributed by atoms with van der Waals surface area (Å²) in [7, 11) is 0. The topological polar surface area (TPSA) is 132 Å². The first kappa shape index (κ1) is 22.6. The van der Waals surface area contributed by atoms with Gasteiger partial charge < -0.3 is 5.11 Å². The van der Waals surface area contributed by atoms with Crippen LogP contribution in [0.3, 0.4) is 0 Å². The van der Waals surface area contributed by atoms with E-state index in [2.05, 4.69) is 36.3 Å². The summed E-state index contributed by atoms with van der Waals surface area (Å²) in [4.78, 5) is 12.9. The number of aromatic nitrogens is 4. The number of aromatic amines is 1.